The summed E-state index contributed by atoms with van der Waals surface area (Å²) in [5.41, 5.74) is 21.1. The van der Waals surface area contributed by atoms with Crippen molar-refractivity contribution in [1.29, 1.82) is 0 Å². The first kappa shape index (κ1) is 48.5. The quantitative estimate of drug-likeness (QED) is 0.156. The largest absolute Gasteiger partial charge is 0.496 e. The van der Waals surface area contributed by atoms with Crippen molar-refractivity contribution in [3.8, 4) is 78.5 Å². The van der Waals surface area contributed by atoms with E-state index < -0.39 is 0 Å². The standard InChI is InChI=1S/C76H64N2O2/c1-73(2,3)51-29-45-13-15-49-35-61-71(57-27-21-47(31-51)67(45)69(49)57)53-23-17-41(33-59(53)75(61,7)8)43-19-25-55(65(37-43)79-11)63-39-64(78-40-77-63)56-26-20-44(38-66(56)80-12)42-18-24-54-60(34-42)76(9,10)62-36-50-16-14-46-30-52(74(4,5)6)32-48-22-28-58(72(54)62)70(50)68(46)48/h13-40H,1-12H3. The Morgan fingerprint density at radius 3 is 1.04 bits per heavy atom. The molecular weight excluding hydrogens is 973 g/mol. The average molecular weight is 1040 g/mol. The Hall–Kier alpha value is -8.60. The molecule has 0 saturated carbocycles. The first-order valence-electron chi connectivity index (χ1n) is 28.3. The van der Waals surface area contributed by atoms with Crippen molar-refractivity contribution in [1.82, 2.24) is 9.97 Å². The highest BCUT2D eigenvalue weighted by Crippen LogP contribution is 2.57. The predicted octanol–water partition coefficient (Wildman–Crippen LogP) is 20.2. The van der Waals surface area contributed by atoms with Crippen LogP contribution in [0.25, 0.3) is 132 Å². The van der Waals surface area contributed by atoms with Crippen LogP contribution in [-0.4, -0.2) is 24.2 Å². The van der Waals surface area contributed by atoms with E-state index in [1.165, 1.54) is 120 Å². The van der Waals surface area contributed by atoms with Gasteiger partial charge in [0.25, 0.3) is 0 Å². The molecule has 12 aromatic carbocycles. The number of rotatable bonds is 6. The minimum Gasteiger partial charge on any atom is -0.496 e. The van der Waals surface area contributed by atoms with Crippen LogP contribution < -0.4 is 9.47 Å². The fourth-order valence-corrected chi connectivity index (χ4v) is 14.2. The lowest BCUT2D eigenvalue weighted by atomic mass is 9.79. The number of hydrogen-bond acceptors (Lipinski definition) is 4. The van der Waals surface area contributed by atoms with Gasteiger partial charge in [0, 0.05) is 22.0 Å². The van der Waals surface area contributed by atoms with Crippen LogP contribution in [-0.2, 0) is 21.7 Å². The monoisotopic (exact) mass is 1040 g/mol. The highest BCUT2D eigenvalue weighted by molar-refractivity contribution is 6.28. The average Bonchev–Trinajstić information content (AvgIpc) is 2.95. The summed E-state index contributed by atoms with van der Waals surface area (Å²) in [6.45, 7) is 23.3. The van der Waals surface area contributed by atoms with Crippen LogP contribution in [0.4, 0.5) is 0 Å². The fraction of sp³-hybridized carbons (Fsp3) is 0.211. The van der Waals surface area contributed by atoms with E-state index in [2.05, 4.69) is 227 Å². The maximum atomic E-state index is 6.18. The van der Waals surface area contributed by atoms with Crippen LogP contribution in [0.5, 0.6) is 11.5 Å². The molecule has 2 aliphatic rings. The Morgan fingerprint density at radius 2 is 0.675 bits per heavy atom. The Kier molecular flexibility index (Phi) is 10.0. The van der Waals surface area contributed by atoms with Crippen LogP contribution in [0.15, 0.2) is 170 Å². The number of benzene rings is 12. The Morgan fingerprint density at radius 1 is 0.338 bits per heavy atom. The van der Waals surface area contributed by atoms with Crippen molar-refractivity contribution in [3.05, 3.63) is 203 Å². The molecule has 0 bridgehead atoms. The van der Waals surface area contributed by atoms with E-state index in [4.69, 9.17) is 19.4 Å². The molecule has 0 spiro atoms. The second-order valence-corrected chi connectivity index (χ2v) is 26.1. The van der Waals surface area contributed by atoms with Gasteiger partial charge in [0.05, 0.1) is 25.6 Å². The molecule has 390 valence electrons. The molecule has 1 heterocycles. The lowest BCUT2D eigenvalue weighted by Crippen LogP contribution is -2.15. The van der Waals surface area contributed by atoms with E-state index in [-0.39, 0.29) is 21.7 Å². The molecule has 0 aliphatic heterocycles. The number of nitrogens with zero attached hydrogens (tertiary/aromatic N) is 2. The molecule has 0 N–H and O–H groups in total. The summed E-state index contributed by atoms with van der Waals surface area (Å²) in [5, 5.41) is 16.0. The van der Waals surface area contributed by atoms with E-state index in [0.717, 1.165) is 56.3 Å². The first-order valence-corrected chi connectivity index (χ1v) is 28.3. The minimum atomic E-state index is -0.196. The lowest BCUT2D eigenvalue weighted by molar-refractivity contribution is 0.416. The van der Waals surface area contributed by atoms with E-state index in [1.54, 1.807) is 20.5 Å². The van der Waals surface area contributed by atoms with Gasteiger partial charge in [0.1, 0.15) is 17.8 Å². The Labute approximate surface area is 468 Å². The van der Waals surface area contributed by atoms with Crippen LogP contribution in [0.3, 0.4) is 0 Å². The summed E-state index contributed by atoms with van der Waals surface area (Å²) in [5.74, 6) is 1.50. The van der Waals surface area contributed by atoms with Crippen LogP contribution in [0, 0.1) is 0 Å². The Balaban J connectivity index is 0.743. The molecule has 0 unspecified atom stereocenters. The van der Waals surface area contributed by atoms with E-state index >= 15 is 0 Å². The SMILES string of the molecule is COc1cc(-c2ccc3c(c2)C(C)(C)c2cc4ccc5cc(C(C)(C)C)cc6ccc(c2-3)c4c56)ccc1-c1cc(-c2ccc(-c3ccc4c(c3)C(C)(C)c3cc5ccc6cc(C(C)(C)C)cc7ccc(c3-4)c5c67)cc2OC)ncn1. The molecule has 80 heavy (non-hydrogen) atoms. The zero-order valence-electron chi connectivity index (χ0n) is 47.9. The highest BCUT2D eigenvalue weighted by Gasteiger charge is 2.39. The molecule has 0 radical (unpaired) electrons. The smallest absolute Gasteiger partial charge is 0.128 e. The van der Waals surface area contributed by atoms with Crippen molar-refractivity contribution < 1.29 is 9.47 Å². The minimum absolute atomic E-state index is 0.0725. The summed E-state index contributed by atoms with van der Waals surface area (Å²) in [4.78, 5) is 9.63. The third-order valence-corrected chi connectivity index (χ3v) is 18.7. The molecule has 0 amide bonds. The van der Waals surface area contributed by atoms with Gasteiger partial charge in [-0.1, -0.05) is 178 Å². The summed E-state index contributed by atoms with van der Waals surface area (Å²) in [6.07, 6.45) is 1.64. The molecule has 1 aromatic heterocycles. The third kappa shape index (κ3) is 6.87. The van der Waals surface area contributed by atoms with Crippen molar-refractivity contribution in [2.75, 3.05) is 14.2 Å². The molecule has 4 heteroatoms. The number of fused-ring (bicyclic) bond motifs is 8. The van der Waals surface area contributed by atoms with Crippen molar-refractivity contribution >= 4 is 64.6 Å². The summed E-state index contributed by atoms with van der Waals surface area (Å²) >= 11 is 0. The van der Waals surface area contributed by atoms with Gasteiger partial charge in [0.2, 0.25) is 0 Å². The molecule has 0 atom stereocenters. The van der Waals surface area contributed by atoms with Crippen LogP contribution >= 0.6 is 0 Å². The molecule has 13 aromatic rings. The molecule has 0 saturated heterocycles. The van der Waals surface area contributed by atoms with E-state index in [0.29, 0.717) is 0 Å². The predicted molar refractivity (Wildman–Crippen MR) is 337 cm³/mol. The summed E-state index contributed by atoms with van der Waals surface area (Å²) < 4.78 is 12.4. The molecule has 2 aliphatic carbocycles. The second-order valence-electron chi connectivity index (χ2n) is 26.1. The van der Waals surface area contributed by atoms with Gasteiger partial charge in [0.15, 0.2) is 0 Å². The molecule has 15 rings (SSSR count). The molecule has 4 nitrogen and oxygen atoms in total. The van der Waals surface area contributed by atoms with Gasteiger partial charge < -0.3 is 9.47 Å². The Bertz CT molecular complexity index is 4470. The highest BCUT2D eigenvalue weighted by atomic mass is 16.5. The summed E-state index contributed by atoms with van der Waals surface area (Å²) in [7, 11) is 3.48. The third-order valence-electron chi connectivity index (χ3n) is 18.7. The maximum absolute atomic E-state index is 6.18. The van der Waals surface area contributed by atoms with Crippen molar-refractivity contribution in [2.45, 2.75) is 90.9 Å². The number of aromatic nitrogens is 2. The normalized spacial score (nSPS) is 14.4. The zero-order valence-corrected chi connectivity index (χ0v) is 47.9. The summed E-state index contributed by atoms with van der Waals surface area (Å²) in [6, 6.07) is 62.3. The fourth-order valence-electron chi connectivity index (χ4n) is 14.2. The topological polar surface area (TPSA) is 44.2 Å². The number of hydrogen-bond donors (Lipinski definition) is 0. The van der Waals surface area contributed by atoms with Crippen molar-refractivity contribution in [3.63, 3.8) is 0 Å². The number of methoxy groups -OCH3 is 2. The van der Waals surface area contributed by atoms with Gasteiger partial charge in [-0.25, -0.2) is 9.97 Å². The van der Waals surface area contributed by atoms with Crippen LogP contribution in [0.2, 0.25) is 0 Å². The zero-order chi connectivity index (χ0) is 55.1. The van der Waals surface area contributed by atoms with E-state index in [1.807, 2.05) is 6.07 Å². The van der Waals surface area contributed by atoms with Gasteiger partial charge in [-0.3, -0.25) is 0 Å². The number of ether oxygens (including phenoxy) is 2. The second kappa shape index (κ2) is 16.5. The van der Waals surface area contributed by atoms with Gasteiger partial charge in [-0.05, 0) is 208 Å². The first-order chi connectivity index (χ1) is 38.3. The lowest BCUT2D eigenvalue weighted by Gasteiger charge is -2.24. The molecule has 0 fully saturated rings. The maximum Gasteiger partial charge on any atom is 0.128 e. The van der Waals surface area contributed by atoms with Gasteiger partial charge >= 0.3 is 0 Å². The van der Waals surface area contributed by atoms with E-state index in [9.17, 15) is 0 Å². The van der Waals surface area contributed by atoms with Gasteiger partial charge in [-0.15, -0.1) is 0 Å². The van der Waals surface area contributed by atoms with Crippen LogP contribution in [0.1, 0.15) is 103 Å². The van der Waals surface area contributed by atoms with Crippen molar-refractivity contribution in [2.24, 2.45) is 0 Å². The molecular formula is C76H64N2O2. The van der Waals surface area contributed by atoms with Gasteiger partial charge in [-0.2, -0.15) is 0 Å².